The third-order valence-electron chi connectivity index (χ3n) is 4.17. The van der Waals surface area contributed by atoms with E-state index in [1.54, 1.807) is 19.2 Å². The molecule has 0 radical (unpaired) electrons. The van der Waals surface area contributed by atoms with E-state index in [-0.39, 0.29) is 24.8 Å². The number of nitrogens with zero attached hydrogens (tertiary/aromatic N) is 2. The average Bonchev–Trinajstić information content (AvgIpc) is 3.17. The first-order valence-electron chi connectivity index (χ1n) is 9.32. The Morgan fingerprint density at radius 2 is 1.83 bits per heavy atom. The molecule has 6 nitrogen and oxygen atoms in total. The van der Waals surface area contributed by atoms with Crippen molar-refractivity contribution in [3.05, 3.63) is 65.7 Å². The topological polar surface area (TPSA) is 71.5 Å². The number of carbonyl (C=O) groups excluding carboxylic acids is 2. The number of benzene rings is 2. The molecule has 2 aromatic carbocycles. The van der Waals surface area contributed by atoms with E-state index in [1.807, 2.05) is 54.8 Å². The van der Waals surface area contributed by atoms with Crippen molar-refractivity contribution in [2.45, 2.75) is 13.3 Å². The molecule has 0 saturated heterocycles. The molecule has 0 aliphatic rings. The van der Waals surface area contributed by atoms with E-state index < -0.39 is 0 Å². The Morgan fingerprint density at radius 3 is 2.59 bits per heavy atom. The second-order valence-corrected chi connectivity index (χ2v) is 7.27. The number of amides is 2. The molecule has 0 saturated carbocycles. The first-order valence-corrected chi connectivity index (χ1v) is 10.2. The molecule has 29 heavy (non-hydrogen) atoms. The van der Waals surface area contributed by atoms with Crippen molar-refractivity contribution in [2.24, 2.45) is 0 Å². The molecule has 0 atom stereocenters. The van der Waals surface area contributed by atoms with Crippen molar-refractivity contribution in [3.8, 4) is 16.3 Å². The molecular formula is C22H23N3O3S. The van der Waals surface area contributed by atoms with Gasteiger partial charge in [-0.1, -0.05) is 30.3 Å². The van der Waals surface area contributed by atoms with E-state index in [2.05, 4.69) is 10.3 Å². The summed E-state index contributed by atoms with van der Waals surface area (Å²) in [5.74, 6) is 0.372. The fourth-order valence-corrected chi connectivity index (χ4v) is 3.60. The Balaban J connectivity index is 1.59. The number of hydrogen-bond acceptors (Lipinski definition) is 5. The number of ether oxygens (including phenoxy) is 1. The lowest BCUT2D eigenvalue weighted by Gasteiger charge is -2.16. The van der Waals surface area contributed by atoms with E-state index in [4.69, 9.17) is 4.74 Å². The van der Waals surface area contributed by atoms with Gasteiger partial charge in [-0.2, -0.15) is 0 Å². The number of para-hydroxylation sites is 2. The van der Waals surface area contributed by atoms with Crippen LogP contribution in [0.1, 0.15) is 12.6 Å². The molecule has 0 fully saturated rings. The molecule has 0 aliphatic heterocycles. The molecule has 0 aliphatic carbocycles. The highest BCUT2D eigenvalue weighted by atomic mass is 32.1. The van der Waals surface area contributed by atoms with Crippen LogP contribution < -0.4 is 10.1 Å². The molecule has 0 bridgehead atoms. The minimum absolute atomic E-state index is 0.0160. The number of likely N-dealkylation sites (N-methyl/N-ethyl adjacent to an activating group) is 1. The van der Waals surface area contributed by atoms with Crippen LogP contribution in [0.4, 0.5) is 5.69 Å². The second kappa shape index (κ2) is 9.84. The van der Waals surface area contributed by atoms with Gasteiger partial charge in [0.25, 0.3) is 0 Å². The highest BCUT2D eigenvalue weighted by Gasteiger charge is 2.16. The van der Waals surface area contributed by atoms with Gasteiger partial charge in [-0.3, -0.25) is 9.59 Å². The maximum absolute atomic E-state index is 12.5. The maximum atomic E-state index is 12.5. The van der Waals surface area contributed by atoms with Gasteiger partial charge >= 0.3 is 0 Å². The molecule has 150 valence electrons. The molecule has 3 rings (SSSR count). The summed E-state index contributed by atoms with van der Waals surface area (Å²) in [6, 6.07) is 16.9. The number of nitrogens with one attached hydrogen (secondary N) is 1. The monoisotopic (exact) mass is 409 g/mol. The van der Waals surface area contributed by atoms with E-state index >= 15 is 0 Å². The molecule has 0 unspecified atom stereocenters. The average molecular weight is 410 g/mol. The Kier molecular flexibility index (Phi) is 6.97. The second-order valence-electron chi connectivity index (χ2n) is 6.41. The number of carbonyl (C=O) groups is 2. The lowest BCUT2D eigenvalue weighted by molar-refractivity contribution is -0.132. The van der Waals surface area contributed by atoms with E-state index in [1.165, 1.54) is 16.2 Å². The van der Waals surface area contributed by atoms with Crippen LogP contribution in [0, 0.1) is 0 Å². The zero-order valence-corrected chi connectivity index (χ0v) is 17.2. The summed E-state index contributed by atoms with van der Waals surface area (Å²) >= 11 is 1.47. The summed E-state index contributed by atoms with van der Waals surface area (Å²) in [7, 11) is 1.62. The van der Waals surface area contributed by atoms with E-state index in [0.29, 0.717) is 18.0 Å². The van der Waals surface area contributed by atoms with Gasteiger partial charge in [0.05, 0.1) is 30.8 Å². The lowest BCUT2D eigenvalue weighted by atomic mass is 10.2. The van der Waals surface area contributed by atoms with Gasteiger partial charge in [0.1, 0.15) is 10.8 Å². The van der Waals surface area contributed by atoms with Crippen molar-refractivity contribution in [1.29, 1.82) is 0 Å². The summed E-state index contributed by atoms with van der Waals surface area (Å²) in [5, 5.41) is 5.45. The maximum Gasteiger partial charge on any atom is 0.243 e. The summed E-state index contributed by atoms with van der Waals surface area (Å²) < 4.78 is 5.66. The highest BCUT2D eigenvalue weighted by molar-refractivity contribution is 7.13. The predicted octanol–water partition coefficient (Wildman–Crippen LogP) is 3.85. The van der Waals surface area contributed by atoms with E-state index in [0.717, 1.165) is 16.3 Å². The fourth-order valence-electron chi connectivity index (χ4n) is 2.75. The number of rotatable bonds is 8. The fraction of sp³-hybridized carbons (Fsp3) is 0.227. The Morgan fingerprint density at radius 1 is 1.10 bits per heavy atom. The highest BCUT2D eigenvalue weighted by Crippen LogP contribution is 2.32. The van der Waals surface area contributed by atoms with Crippen molar-refractivity contribution in [2.75, 3.05) is 25.5 Å². The van der Waals surface area contributed by atoms with Crippen LogP contribution in [0.15, 0.2) is 60.0 Å². The van der Waals surface area contributed by atoms with Crippen molar-refractivity contribution in [3.63, 3.8) is 0 Å². The third-order valence-corrected chi connectivity index (χ3v) is 5.09. The normalized spacial score (nSPS) is 10.4. The van der Waals surface area contributed by atoms with Crippen LogP contribution in [0.3, 0.4) is 0 Å². The zero-order valence-electron chi connectivity index (χ0n) is 16.4. The molecule has 1 N–H and O–H groups in total. The standard InChI is InChI=1S/C22H23N3O3S/c1-3-28-19-12-8-7-11-18(19)22-24-17(15-29-22)13-21(27)25(2)14-20(26)23-16-9-5-4-6-10-16/h4-12,15H,3,13-14H2,1-2H3,(H,23,26). The van der Waals surface area contributed by atoms with Gasteiger partial charge in [-0.15, -0.1) is 11.3 Å². The summed E-state index contributed by atoms with van der Waals surface area (Å²) in [6.45, 7) is 2.49. The zero-order chi connectivity index (χ0) is 20.6. The summed E-state index contributed by atoms with van der Waals surface area (Å²) in [5.41, 5.74) is 2.29. The third kappa shape index (κ3) is 5.65. The van der Waals surface area contributed by atoms with Gasteiger partial charge < -0.3 is 15.0 Å². The van der Waals surface area contributed by atoms with Gasteiger partial charge in [0, 0.05) is 18.1 Å². The summed E-state index contributed by atoms with van der Waals surface area (Å²) in [6.07, 6.45) is 0.141. The van der Waals surface area contributed by atoms with Gasteiger partial charge in [-0.05, 0) is 31.2 Å². The Bertz CT molecular complexity index is 972. The van der Waals surface area contributed by atoms with Crippen LogP contribution in [-0.4, -0.2) is 41.9 Å². The smallest absolute Gasteiger partial charge is 0.243 e. The van der Waals surface area contributed by atoms with Gasteiger partial charge in [-0.25, -0.2) is 4.98 Å². The molecule has 7 heteroatoms. The van der Waals surface area contributed by atoms with Gasteiger partial charge in [0.15, 0.2) is 0 Å². The molecular weight excluding hydrogens is 386 g/mol. The summed E-state index contributed by atoms with van der Waals surface area (Å²) in [4.78, 5) is 30.6. The van der Waals surface area contributed by atoms with Gasteiger partial charge in [0.2, 0.25) is 11.8 Å². The van der Waals surface area contributed by atoms with Crippen molar-refractivity contribution < 1.29 is 14.3 Å². The first-order chi connectivity index (χ1) is 14.1. The Labute approximate surface area is 174 Å². The molecule has 1 heterocycles. The van der Waals surface area contributed by atoms with Crippen LogP contribution >= 0.6 is 11.3 Å². The number of thiazole rings is 1. The van der Waals surface area contributed by atoms with Crippen LogP contribution in [0.2, 0.25) is 0 Å². The van der Waals surface area contributed by atoms with Crippen molar-refractivity contribution in [1.82, 2.24) is 9.88 Å². The quantitative estimate of drug-likeness (QED) is 0.613. The molecule has 0 spiro atoms. The molecule has 1 aromatic heterocycles. The number of anilines is 1. The lowest BCUT2D eigenvalue weighted by Crippen LogP contribution is -2.35. The van der Waals surface area contributed by atoms with Crippen LogP contribution in [0.5, 0.6) is 5.75 Å². The largest absolute Gasteiger partial charge is 0.493 e. The number of aromatic nitrogens is 1. The van der Waals surface area contributed by atoms with Crippen LogP contribution in [-0.2, 0) is 16.0 Å². The molecule has 2 amide bonds. The van der Waals surface area contributed by atoms with Crippen LogP contribution in [0.25, 0.3) is 10.6 Å². The van der Waals surface area contributed by atoms with Crippen molar-refractivity contribution >= 4 is 28.8 Å². The molecule has 3 aromatic rings. The predicted molar refractivity (Wildman–Crippen MR) is 115 cm³/mol. The van der Waals surface area contributed by atoms with E-state index in [9.17, 15) is 9.59 Å². The number of hydrogen-bond donors (Lipinski definition) is 1. The first kappa shape index (κ1) is 20.5. The minimum Gasteiger partial charge on any atom is -0.493 e. The Hall–Kier alpha value is -3.19. The SMILES string of the molecule is CCOc1ccccc1-c1nc(CC(=O)N(C)CC(=O)Nc2ccccc2)cs1. The minimum atomic E-state index is -0.239.